The summed E-state index contributed by atoms with van der Waals surface area (Å²) in [6.45, 7) is 0. The molecule has 1 saturated heterocycles. The number of amides is 1. The van der Waals surface area contributed by atoms with Gasteiger partial charge in [0.15, 0.2) is 9.84 Å². The van der Waals surface area contributed by atoms with Crippen molar-refractivity contribution in [1.82, 2.24) is 5.32 Å². The first-order valence-corrected chi connectivity index (χ1v) is 14.2. The molecule has 0 aliphatic carbocycles. The van der Waals surface area contributed by atoms with Crippen LogP contribution in [0.1, 0.15) is 19.3 Å². The van der Waals surface area contributed by atoms with Crippen LogP contribution in [-0.4, -0.2) is 57.7 Å². The van der Waals surface area contributed by atoms with E-state index in [0.29, 0.717) is 12.8 Å². The number of carboxylic acid groups (broad SMARTS) is 1. The Morgan fingerprint density at radius 1 is 1.00 bits per heavy atom. The third-order valence-electron chi connectivity index (χ3n) is 5.52. The molecule has 2 aromatic carbocycles. The average Bonchev–Trinajstić information content (AvgIpc) is 2.75. The molecule has 1 heterocycles. The number of alkyl halides is 3. The summed E-state index contributed by atoms with van der Waals surface area (Å²) in [6, 6.07) is 8.99. The smallest absolute Gasteiger partial charge is 0.465 e. The van der Waals surface area contributed by atoms with Gasteiger partial charge < -0.3 is 19.9 Å². The van der Waals surface area contributed by atoms with Gasteiger partial charge in [-0.15, -0.1) is 13.2 Å². The highest BCUT2D eigenvalue weighted by Crippen LogP contribution is 2.29. The van der Waals surface area contributed by atoms with E-state index in [9.17, 15) is 34.8 Å². The van der Waals surface area contributed by atoms with Gasteiger partial charge in [0.2, 0.25) is 0 Å². The van der Waals surface area contributed by atoms with Crippen LogP contribution in [0.5, 0.6) is 17.2 Å². The SMILES string of the molecule is O=C(O)NC(CC1CCS(=O)(=O)CC1)CS(=O)(=O)c1ccc(Oc2ccc(OC(F)(F)F)cc2)cc1. The van der Waals surface area contributed by atoms with Crippen LogP contribution in [0.4, 0.5) is 18.0 Å². The van der Waals surface area contributed by atoms with Crippen LogP contribution in [0.25, 0.3) is 0 Å². The van der Waals surface area contributed by atoms with Gasteiger partial charge in [-0.05, 0) is 73.7 Å². The molecule has 1 unspecified atom stereocenters. The molecule has 0 radical (unpaired) electrons. The van der Waals surface area contributed by atoms with Gasteiger partial charge in [-0.2, -0.15) is 0 Å². The molecule has 1 fully saturated rings. The molecule has 36 heavy (non-hydrogen) atoms. The van der Waals surface area contributed by atoms with E-state index in [1.54, 1.807) is 0 Å². The van der Waals surface area contributed by atoms with Gasteiger partial charge in [0.1, 0.15) is 27.1 Å². The summed E-state index contributed by atoms with van der Waals surface area (Å²) in [5.74, 6) is -0.654. The van der Waals surface area contributed by atoms with Crippen LogP contribution in [0, 0.1) is 5.92 Å². The van der Waals surface area contributed by atoms with Crippen molar-refractivity contribution in [2.24, 2.45) is 5.92 Å². The third-order valence-corrected chi connectivity index (χ3v) is 9.06. The number of halogens is 3. The lowest BCUT2D eigenvalue weighted by atomic mass is 9.95. The molecule has 0 bridgehead atoms. The topological polar surface area (TPSA) is 136 Å². The van der Waals surface area contributed by atoms with Crippen LogP contribution in [0.15, 0.2) is 53.4 Å². The summed E-state index contributed by atoms with van der Waals surface area (Å²) in [6.07, 6.45) is -5.32. The van der Waals surface area contributed by atoms with E-state index in [1.165, 1.54) is 36.4 Å². The van der Waals surface area contributed by atoms with Crippen molar-refractivity contribution < 1.29 is 49.4 Å². The lowest BCUT2D eigenvalue weighted by Crippen LogP contribution is -2.41. The third kappa shape index (κ3) is 8.59. The number of ether oxygens (including phenoxy) is 2. The lowest BCUT2D eigenvalue weighted by molar-refractivity contribution is -0.274. The van der Waals surface area contributed by atoms with Gasteiger partial charge in [-0.25, -0.2) is 21.6 Å². The monoisotopic (exact) mass is 551 g/mol. The van der Waals surface area contributed by atoms with Gasteiger partial charge in [0, 0.05) is 6.04 Å². The van der Waals surface area contributed by atoms with E-state index in [-0.39, 0.29) is 40.2 Å². The Morgan fingerprint density at radius 3 is 2.00 bits per heavy atom. The average molecular weight is 552 g/mol. The zero-order chi connectivity index (χ0) is 26.6. The Hall–Kier alpha value is -3.00. The largest absolute Gasteiger partial charge is 0.573 e. The van der Waals surface area contributed by atoms with E-state index in [4.69, 9.17) is 9.84 Å². The van der Waals surface area contributed by atoms with Crippen LogP contribution in [0.2, 0.25) is 0 Å². The van der Waals surface area contributed by atoms with Crippen molar-refractivity contribution in [2.45, 2.75) is 36.6 Å². The minimum absolute atomic E-state index is 0.0102. The highest BCUT2D eigenvalue weighted by molar-refractivity contribution is 7.91. The van der Waals surface area contributed by atoms with Crippen LogP contribution in [-0.2, 0) is 19.7 Å². The molecule has 3 rings (SSSR count). The van der Waals surface area contributed by atoms with E-state index < -0.39 is 49.7 Å². The number of rotatable bonds is 9. The normalized spacial score (nSPS) is 17.2. The summed E-state index contributed by atoms with van der Waals surface area (Å²) < 4.78 is 95.1. The highest BCUT2D eigenvalue weighted by atomic mass is 32.2. The Bertz CT molecular complexity index is 1250. The van der Waals surface area contributed by atoms with E-state index in [0.717, 1.165) is 12.1 Å². The number of sulfone groups is 2. The molecule has 14 heteroatoms. The van der Waals surface area contributed by atoms with Crippen molar-refractivity contribution in [3.63, 3.8) is 0 Å². The maximum absolute atomic E-state index is 12.9. The second-order valence-corrected chi connectivity index (χ2v) is 12.7. The van der Waals surface area contributed by atoms with E-state index in [1.807, 2.05) is 0 Å². The maximum atomic E-state index is 12.9. The van der Waals surface area contributed by atoms with Gasteiger partial charge >= 0.3 is 12.5 Å². The van der Waals surface area contributed by atoms with Crippen molar-refractivity contribution >= 4 is 25.8 Å². The Labute approximate surface area is 206 Å². The van der Waals surface area contributed by atoms with Gasteiger partial charge in [0.05, 0.1) is 22.2 Å². The predicted molar refractivity (Wildman–Crippen MR) is 123 cm³/mol. The lowest BCUT2D eigenvalue weighted by Gasteiger charge is -2.26. The van der Waals surface area contributed by atoms with Gasteiger partial charge in [0.25, 0.3) is 0 Å². The molecule has 1 amide bonds. The van der Waals surface area contributed by atoms with Crippen LogP contribution in [0.3, 0.4) is 0 Å². The molecule has 0 spiro atoms. The molecule has 2 N–H and O–H groups in total. The molecule has 1 aliphatic rings. The first kappa shape index (κ1) is 27.6. The second kappa shape index (κ2) is 10.9. The predicted octanol–water partition coefficient (Wildman–Crippen LogP) is 4.00. The zero-order valence-electron chi connectivity index (χ0n) is 18.8. The minimum atomic E-state index is -4.82. The van der Waals surface area contributed by atoms with Crippen molar-refractivity contribution in [2.75, 3.05) is 17.3 Å². The Morgan fingerprint density at radius 2 is 1.50 bits per heavy atom. The zero-order valence-corrected chi connectivity index (χ0v) is 20.4. The fraction of sp³-hybridized carbons (Fsp3) is 0.409. The molecular formula is C22H24F3NO8S2. The number of carbonyl (C=O) groups is 1. The van der Waals surface area contributed by atoms with Gasteiger partial charge in [-0.3, -0.25) is 0 Å². The van der Waals surface area contributed by atoms with Crippen molar-refractivity contribution in [1.29, 1.82) is 0 Å². The molecule has 1 aliphatic heterocycles. The minimum Gasteiger partial charge on any atom is -0.465 e. The van der Waals surface area contributed by atoms with Gasteiger partial charge in [-0.1, -0.05) is 0 Å². The van der Waals surface area contributed by atoms with Crippen molar-refractivity contribution in [3.8, 4) is 17.2 Å². The number of benzene rings is 2. The Balaban J connectivity index is 1.64. The molecule has 2 aromatic rings. The summed E-state index contributed by atoms with van der Waals surface area (Å²) in [4.78, 5) is 11.1. The fourth-order valence-electron chi connectivity index (χ4n) is 3.84. The van der Waals surface area contributed by atoms with E-state index in [2.05, 4.69) is 10.1 Å². The van der Waals surface area contributed by atoms with Crippen LogP contribution < -0.4 is 14.8 Å². The molecule has 0 aromatic heterocycles. The van der Waals surface area contributed by atoms with E-state index >= 15 is 0 Å². The van der Waals surface area contributed by atoms with Crippen molar-refractivity contribution in [3.05, 3.63) is 48.5 Å². The summed E-state index contributed by atoms with van der Waals surface area (Å²) in [5.41, 5.74) is 0. The molecule has 1 atom stereocenters. The summed E-state index contributed by atoms with van der Waals surface area (Å²) in [5, 5.41) is 11.4. The summed E-state index contributed by atoms with van der Waals surface area (Å²) in [7, 11) is -7.02. The quantitative estimate of drug-likeness (QED) is 0.477. The summed E-state index contributed by atoms with van der Waals surface area (Å²) >= 11 is 0. The fourth-order valence-corrected chi connectivity index (χ4v) is 6.92. The molecule has 9 nitrogen and oxygen atoms in total. The number of nitrogens with one attached hydrogen (secondary N) is 1. The number of hydrogen-bond donors (Lipinski definition) is 2. The first-order chi connectivity index (χ1) is 16.7. The molecular weight excluding hydrogens is 527 g/mol. The maximum Gasteiger partial charge on any atom is 0.573 e. The standard InChI is InChI=1S/C22H24F3NO8S2/c23-22(24,25)34-19-3-1-17(2-4-19)33-18-5-7-20(8-6-18)36(31,32)14-16(26-21(27)28)13-15-9-11-35(29,30)12-10-15/h1-8,15-16,26H,9-14H2,(H,27,28). The second-order valence-electron chi connectivity index (χ2n) is 8.35. The van der Waals surface area contributed by atoms with Crippen LogP contribution >= 0.6 is 0 Å². The Kier molecular flexibility index (Phi) is 8.39. The molecule has 198 valence electrons. The highest BCUT2D eigenvalue weighted by Gasteiger charge is 2.31. The first-order valence-electron chi connectivity index (χ1n) is 10.8. The number of hydrogen-bond acceptors (Lipinski definition) is 7. The molecule has 0 saturated carbocycles.